The van der Waals surface area contributed by atoms with Crippen LogP contribution < -0.4 is 0 Å². The summed E-state index contributed by atoms with van der Waals surface area (Å²) in [5, 5.41) is 9.99. The van der Waals surface area contributed by atoms with E-state index in [2.05, 4.69) is 4.98 Å². The van der Waals surface area contributed by atoms with Crippen LogP contribution in [0.15, 0.2) is 36.9 Å². The van der Waals surface area contributed by atoms with Gasteiger partial charge < -0.3 is 9.67 Å². The van der Waals surface area contributed by atoms with E-state index in [1.54, 1.807) is 12.5 Å². The quantitative estimate of drug-likeness (QED) is 0.910. The fourth-order valence-electron chi connectivity index (χ4n) is 1.63. The van der Waals surface area contributed by atoms with Crippen LogP contribution in [0, 0.1) is 0 Å². The third-order valence-electron chi connectivity index (χ3n) is 2.91. The number of nitrogens with zero attached hydrogens (tertiary/aromatic N) is 2. The molecular weight excluding hydrogens is 236 g/mol. The second-order valence-corrected chi connectivity index (χ2v) is 5.09. The number of benzene rings is 1. The second-order valence-electron chi connectivity index (χ2n) is 4.68. The largest absolute Gasteiger partial charge is 0.395 e. The minimum absolute atomic E-state index is 0.0910. The van der Waals surface area contributed by atoms with Crippen LogP contribution in [0.1, 0.15) is 19.4 Å². The summed E-state index contributed by atoms with van der Waals surface area (Å²) in [6.45, 7) is 4.05. The normalized spacial score (nSPS) is 11.8. The van der Waals surface area contributed by atoms with E-state index in [1.165, 1.54) is 0 Å². The Hall–Kier alpha value is -1.32. The number of halogens is 1. The Morgan fingerprint density at radius 2 is 2.18 bits per heavy atom. The highest BCUT2D eigenvalue weighted by molar-refractivity contribution is 6.32. The minimum Gasteiger partial charge on any atom is -0.395 e. The maximum absolute atomic E-state index is 9.33. The predicted molar refractivity (Wildman–Crippen MR) is 68.7 cm³/mol. The molecule has 0 bridgehead atoms. The van der Waals surface area contributed by atoms with Crippen molar-refractivity contribution in [1.82, 2.24) is 9.55 Å². The highest BCUT2D eigenvalue weighted by atomic mass is 35.5. The number of hydrogen-bond acceptors (Lipinski definition) is 2. The van der Waals surface area contributed by atoms with Crippen LogP contribution in [0.25, 0.3) is 5.69 Å². The third kappa shape index (κ3) is 2.35. The Morgan fingerprint density at radius 3 is 2.71 bits per heavy atom. The molecule has 0 amide bonds. The van der Waals surface area contributed by atoms with Crippen molar-refractivity contribution in [2.75, 3.05) is 6.61 Å². The Bertz CT molecular complexity index is 506. The number of rotatable bonds is 3. The van der Waals surface area contributed by atoms with Crippen molar-refractivity contribution in [2.45, 2.75) is 19.3 Å². The first kappa shape index (κ1) is 12.1. The number of aliphatic hydroxyl groups excluding tert-OH is 1. The van der Waals surface area contributed by atoms with Crippen LogP contribution in [0.2, 0.25) is 5.02 Å². The molecule has 0 radical (unpaired) electrons. The lowest BCUT2D eigenvalue weighted by atomic mass is 9.85. The molecule has 3 nitrogen and oxygen atoms in total. The average Bonchev–Trinajstić information content (AvgIpc) is 2.82. The first-order valence-corrected chi connectivity index (χ1v) is 5.81. The highest BCUT2D eigenvalue weighted by Crippen LogP contribution is 2.28. The Labute approximate surface area is 106 Å². The van der Waals surface area contributed by atoms with Crippen molar-refractivity contribution in [3.63, 3.8) is 0 Å². The van der Waals surface area contributed by atoms with E-state index in [1.807, 2.05) is 42.8 Å². The molecule has 2 rings (SSSR count). The van der Waals surface area contributed by atoms with E-state index in [9.17, 15) is 5.11 Å². The molecule has 0 aliphatic rings. The molecule has 0 saturated carbocycles. The molecule has 0 atom stereocenters. The fourth-order valence-corrected chi connectivity index (χ4v) is 1.91. The summed E-state index contributed by atoms with van der Waals surface area (Å²) < 4.78 is 1.86. The lowest BCUT2D eigenvalue weighted by Crippen LogP contribution is -2.22. The molecule has 0 aliphatic carbocycles. The third-order valence-corrected chi connectivity index (χ3v) is 3.21. The van der Waals surface area contributed by atoms with Gasteiger partial charge >= 0.3 is 0 Å². The van der Waals surface area contributed by atoms with Crippen LogP contribution >= 0.6 is 11.6 Å². The van der Waals surface area contributed by atoms with Gasteiger partial charge in [0.2, 0.25) is 0 Å². The summed E-state index contributed by atoms with van der Waals surface area (Å²) in [7, 11) is 0. The predicted octanol–water partition coefficient (Wildman–Crippen LogP) is 2.80. The molecule has 0 fully saturated rings. The molecule has 2 aromatic rings. The molecule has 0 saturated heterocycles. The fraction of sp³-hybridized carbons (Fsp3) is 0.308. The first-order chi connectivity index (χ1) is 8.04. The van der Waals surface area contributed by atoms with Gasteiger partial charge in [-0.3, -0.25) is 0 Å². The molecule has 17 heavy (non-hydrogen) atoms. The molecule has 0 unspecified atom stereocenters. The highest BCUT2D eigenvalue weighted by Gasteiger charge is 2.20. The van der Waals surface area contributed by atoms with Crippen molar-refractivity contribution < 1.29 is 5.11 Å². The Balaban J connectivity index is 2.43. The summed E-state index contributed by atoms with van der Waals surface area (Å²) in [6, 6.07) is 5.82. The standard InChI is InChI=1S/C13H15ClN2O/c1-13(2,8-17)10-3-4-12(11(14)7-10)16-6-5-15-9-16/h3-7,9,17H,8H2,1-2H3. The van der Waals surface area contributed by atoms with Crippen molar-refractivity contribution in [3.8, 4) is 5.69 Å². The zero-order valence-electron chi connectivity index (χ0n) is 9.89. The van der Waals surface area contributed by atoms with Crippen LogP contribution in [0.3, 0.4) is 0 Å². The van der Waals surface area contributed by atoms with Crippen LogP contribution in [0.4, 0.5) is 0 Å². The van der Waals surface area contributed by atoms with Crippen LogP contribution in [-0.2, 0) is 5.41 Å². The van der Waals surface area contributed by atoms with Gasteiger partial charge in [0.15, 0.2) is 0 Å². The summed E-state index contributed by atoms with van der Waals surface area (Å²) in [4.78, 5) is 3.99. The summed E-state index contributed by atoms with van der Waals surface area (Å²) in [5.74, 6) is 0. The van der Waals surface area contributed by atoms with Gasteiger partial charge in [-0.2, -0.15) is 0 Å². The smallest absolute Gasteiger partial charge is 0.0992 e. The zero-order chi connectivity index (χ0) is 12.5. The van der Waals surface area contributed by atoms with Gasteiger partial charge in [0, 0.05) is 17.8 Å². The Kier molecular flexibility index (Phi) is 3.22. The maximum Gasteiger partial charge on any atom is 0.0992 e. The van der Waals surface area contributed by atoms with Gasteiger partial charge in [0.1, 0.15) is 0 Å². The second kappa shape index (κ2) is 4.51. The van der Waals surface area contributed by atoms with Gasteiger partial charge in [-0.25, -0.2) is 4.98 Å². The van der Waals surface area contributed by atoms with E-state index in [4.69, 9.17) is 11.6 Å². The van der Waals surface area contributed by atoms with E-state index in [-0.39, 0.29) is 12.0 Å². The molecule has 0 spiro atoms. The van der Waals surface area contributed by atoms with Gasteiger partial charge in [0.25, 0.3) is 0 Å². The van der Waals surface area contributed by atoms with Gasteiger partial charge in [-0.15, -0.1) is 0 Å². The average molecular weight is 251 g/mol. The van der Waals surface area contributed by atoms with Gasteiger partial charge in [-0.1, -0.05) is 31.5 Å². The van der Waals surface area contributed by atoms with Crippen molar-refractivity contribution >= 4 is 11.6 Å². The molecule has 1 aromatic heterocycles. The maximum atomic E-state index is 9.33. The van der Waals surface area contributed by atoms with Crippen molar-refractivity contribution in [2.24, 2.45) is 0 Å². The first-order valence-electron chi connectivity index (χ1n) is 5.44. The number of aromatic nitrogens is 2. The van der Waals surface area contributed by atoms with Gasteiger partial charge in [0.05, 0.1) is 23.6 Å². The SMILES string of the molecule is CC(C)(CO)c1ccc(-n2ccnc2)c(Cl)c1. The van der Waals surface area contributed by atoms with Crippen LogP contribution in [-0.4, -0.2) is 21.3 Å². The number of hydrogen-bond donors (Lipinski definition) is 1. The number of aliphatic hydroxyl groups is 1. The molecule has 1 aromatic carbocycles. The monoisotopic (exact) mass is 250 g/mol. The molecular formula is C13H15ClN2O. The molecule has 1 N–H and O–H groups in total. The summed E-state index contributed by atoms with van der Waals surface area (Å²) in [5.41, 5.74) is 1.63. The van der Waals surface area contributed by atoms with Crippen molar-refractivity contribution in [1.29, 1.82) is 0 Å². The lowest BCUT2D eigenvalue weighted by Gasteiger charge is -2.23. The molecule has 4 heteroatoms. The van der Waals surface area contributed by atoms with Crippen LogP contribution in [0.5, 0.6) is 0 Å². The van der Waals surface area contributed by atoms with E-state index < -0.39 is 0 Å². The van der Waals surface area contributed by atoms with E-state index in [0.29, 0.717) is 5.02 Å². The van der Waals surface area contributed by atoms with E-state index >= 15 is 0 Å². The molecule has 1 heterocycles. The summed E-state index contributed by atoms with van der Waals surface area (Å²) in [6.07, 6.45) is 5.26. The Morgan fingerprint density at radius 1 is 1.41 bits per heavy atom. The lowest BCUT2D eigenvalue weighted by molar-refractivity contribution is 0.218. The van der Waals surface area contributed by atoms with E-state index in [0.717, 1.165) is 11.3 Å². The molecule has 0 aliphatic heterocycles. The molecule has 90 valence electrons. The number of imidazole rings is 1. The minimum atomic E-state index is -0.281. The van der Waals surface area contributed by atoms with Crippen molar-refractivity contribution in [3.05, 3.63) is 47.5 Å². The zero-order valence-corrected chi connectivity index (χ0v) is 10.6. The van der Waals surface area contributed by atoms with Gasteiger partial charge in [-0.05, 0) is 17.7 Å². The summed E-state index contributed by atoms with van der Waals surface area (Å²) >= 11 is 6.25. The topological polar surface area (TPSA) is 38.0 Å².